The number of halogens is 2. The summed E-state index contributed by atoms with van der Waals surface area (Å²) in [7, 11) is 0. The van der Waals surface area contributed by atoms with Gasteiger partial charge in [0.05, 0.1) is 5.92 Å². The molecule has 2 bridgehead atoms. The predicted molar refractivity (Wildman–Crippen MR) is 104 cm³/mol. The highest BCUT2D eigenvalue weighted by atomic mass is 19.3. The Morgan fingerprint density at radius 2 is 2.14 bits per heavy atom. The smallest absolute Gasteiger partial charge is 0.263 e. The van der Waals surface area contributed by atoms with Crippen molar-refractivity contribution >= 4 is 17.4 Å². The molecule has 1 aromatic heterocycles. The van der Waals surface area contributed by atoms with Crippen LogP contribution >= 0.6 is 0 Å². The normalized spacial score (nSPS) is 26.1. The maximum Gasteiger partial charge on any atom is 0.263 e. The van der Waals surface area contributed by atoms with Crippen molar-refractivity contribution in [3.05, 3.63) is 47.3 Å². The molecule has 2 heterocycles. The van der Waals surface area contributed by atoms with E-state index in [1.807, 2.05) is 12.1 Å². The lowest BCUT2D eigenvalue weighted by Crippen LogP contribution is -2.24. The van der Waals surface area contributed by atoms with Gasteiger partial charge >= 0.3 is 0 Å². The monoisotopic (exact) mass is 386 g/mol. The number of fused-ring (bicyclic) bond motifs is 2. The van der Waals surface area contributed by atoms with Gasteiger partial charge in [0, 0.05) is 34.7 Å². The van der Waals surface area contributed by atoms with Crippen LogP contribution in [0, 0.1) is 11.8 Å². The summed E-state index contributed by atoms with van der Waals surface area (Å²) in [4.78, 5) is 17.2. The van der Waals surface area contributed by atoms with Gasteiger partial charge in [0.1, 0.15) is 0 Å². The Morgan fingerprint density at radius 3 is 2.89 bits per heavy atom. The van der Waals surface area contributed by atoms with Crippen molar-refractivity contribution in [1.29, 1.82) is 0 Å². The number of allylic oxidation sites excluding steroid dienone is 5. The van der Waals surface area contributed by atoms with Crippen LogP contribution in [0.4, 0.5) is 14.6 Å². The molecule has 0 spiro atoms. The van der Waals surface area contributed by atoms with Gasteiger partial charge in [-0.2, -0.15) is 5.10 Å². The molecule has 2 unspecified atom stereocenters. The quantitative estimate of drug-likeness (QED) is 0.767. The molecule has 0 saturated heterocycles. The molecule has 7 heteroatoms. The van der Waals surface area contributed by atoms with Gasteiger partial charge in [-0.25, -0.2) is 8.78 Å². The van der Waals surface area contributed by atoms with Gasteiger partial charge in [-0.05, 0) is 51.0 Å². The summed E-state index contributed by atoms with van der Waals surface area (Å²) in [5, 5.41) is 9.96. The summed E-state index contributed by atoms with van der Waals surface area (Å²) in [5.74, 6) is 0.551. The highest BCUT2D eigenvalue weighted by Gasteiger charge is 2.27. The van der Waals surface area contributed by atoms with E-state index >= 15 is 0 Å². The van der Waals surface area contributed by atoms with Gasteiger partial charge in [0.25, 0.3) is 6.43 Å². The number of carbonyl (C=O) groups is 1. The molecule has 1 saturated carbocycles. The summed E-state index contributed by atoms with van der Waals surface area (Å²) in [6.07, 6.45) is 8.73. The number of amides is 1. The van der Waals surface area contributed by atoms with Crippen LogP contribution in [0.15, 0.2) is 46.6 Å². The summed E-state index contributed by atoms with van der Waals surface area (Å²) in [6.45, 7) is 1.79. The van der Waals surface area contributed by atoms with E-state index in [1.165, 1.54) is 12.2 Å². The molecule has 4 rings (SSSR count). The third-order valence-electron chi connectivity index (χ3n) is 5.45. The highest BCUT2D eigenvalue weighted by Crippen LogP contribution is 2.39. The molecule has 2 atom stereocenters. The van der Waals surface area contributed by atoms with Crippen molar-refractivity contribution in [1.82, 2.24) is 10.2 Å². The van der Waals surface area contributed by atoms with Crippen molar-refractivity contribution in [3.8, 4) is 0 Å². The minimum absolute atomic E-state index is 0.0260. The van der Waals surface area contributed by atoms with Crippen LogP contribution in [0.5, 0.6) is 0 Å². The number of nitrogens with zero attached hydrogens (tertiary/aromatic N) is 2. The first-order chi connectivity index (χ1) is 13.5. The molecular formula is C21H24F2N4O. The van der Waals surface area contributed by atoms with Gasteiger partial charge in [-0.3, -0.25) is 14.9 Å². The number of hydrogen-bond acceptors (Lipinski definition) is 3. The van der Waals surface area contributed by atoms with Crippen molar-refractivity contribution in [3.63, 3.8) is 0 Å². The Kier molecular flexibility index (Phi) is 5.24. The highest BCUT2D eigenvalue weighted by molar-refractivity contribution is 5.99. The number of alkyl halides is 2. The number of nitrogens with one attached hydrogen (secondary N) is 2. The molecule has 1 aliphatic heterocycles. The van der Waals surface area contributed by atoms with Crippen LogP contribution in [0.2, 0.25) is 0 Å². The van der Waals surface area contributed by atoms with Crippen molar-refractivity contribution in [2.45, 2.75) is 51.4 Å². The minimum atomic E-state index is -2.54. The maximum atomic E-state index is 13.2. The molecule has 28 heavy (non-hydrogen) atoms. The zero-order valence-corrected chi connectivity index (χ0v) is 15.8. The average Bonchev–Trinajstić information content (AvgIpc) is 3.41. The maximum absolute atomic E-state index is 13.2. The second-order valence-electron chi connectivity index (χ2n) is 7.78. The topological polar surface area (TPSA) is 70.1 Å². The van der Waals surface area contributed by atoms with E-state index in [0.717, 1.165) is 31.4 Å². The van der Waals surface area contributed by atoms with Gasteiger partial charge in [0.2, 0.25) is 5.91 Å². The molecular weight excluding hydrogens is 362 g/mol. The largest absolute Gasteiger partial charge is 0.309 e. The summed E-state index contributed by atoms with van der Waals surface area (Å²) >= 11 is 0. The third-order valence-corrected chi connectivity index (χ3v) is 5.45. The van der Waals surface area contributed by atoms with Crippen LogP contribution in [0.3, 0.4) is 0 Å². The fraction of sp³-hybridized carbons (Fsp3) is 0.476. The van der Waals surface area contributed by atoms with Gasteiger partial charge in [-0.1, -0.05) is 18.2 Å². The molecule has 148 valence electrons. The number of rotatable bonds is 5. The van der Waals surface area contributed by atoms with E-state index in [0.29, 0.717) is 29.6 Å². The van der Waals surface area contributed by atoms with Crippen molar-refractivity contribution < 1.29 is 13.6 Å². The Labute approximate surface area is 162 Å². The van der Waals surface area contributed by atoms with E-state index in [4.69, 9.17) is 0 Å². The Morgan fingerprint density at radius 1 is 1.32 bits per heavy atom. The van der Waals surface area contributed by atoms with Crippen LogP contribution in [0.1, 0.15) is 50.6 Å². The van der Waals surface area contributed by atoms with Crippen molar-refractivity contribution in [2.24, 2.45) is 16.8 Å². The van der Waals surface area contributed by atoms with E-state index in [2.05, 4.69) is 20.5 Å². The zero-order chi connectivity index (χ0) is 19.7. The number of aromatic nitrogens is 2. The van der Waals surface area contributed by atoms with Gasteiger partial charge < -0.3 is 5.32 Å². The van der Waals surface area contributed by atoms with E-state index in [9.17, 15) is 13.6 Å². The molecule has 1 amide bonds. The lowest BCUT2D eigenvalue weighted by atomic mass is 9.90. The first kappa shape index (κ1) is 18.8. The fourth-order valence-electron chi connectivity index (χ4n) is 3.61. The molecule has 5 nitrogen and oxygen atoms in total. The Bertz CT molecular complexity index is 877. The summed E-state index contributed by atoms with van der Waals surface area (Å²) in [5.41, 5.74) is 2.27. The van der Waals surface area contributed by atoms with Crippen molar-refractivity contribution in [2.75, 3.05) is 5.32 Å². The average molecular weight is 386 g/mol. The molecule has 2 aliphatic carbocycles. The van der Waals surface area contributed by atoms with Crippen LogP contribution in [-0.4, -0.2) is 28.2 Å². The summed E-state index contributed by atoms with van der Waals surface area (Å²) in [6, 6.07) is 1.88. The van der Waals surface area contributed by atoms with Gasteiger partial charge in [-0.15, -0.1) is 0 Å². The van der Waals surface area contributed by atoms with E-state index in [1.54, 1.807) is 13.0 Å². The first-order valence-corrected chi connectivity index (χ1v) is 9.81. The fourth-order valence-corrected chi connectivity index (χ4v) is 3.61. The first-order valence-electron chi connectivity index (χ1n) is 9.81. The third kappa shape index (κ3) is 4.29. The minimum Gasteiger partial charge on any atom is -0.309 e. The lowest BCUT2D eigenvalue weighted by molar-refractivity contribution is -0.118. The van der Waals surface area contributed by atoms with Gasteiger partial charge in [0.15, 0.2) is 5.82 Å². The number of anilines is 1. The van der Waals surface area contributed by atoms with E-state index in [-0.39, 0.29) is 17.4 Å². The number of aromatic amines is 1. The zero-order valence-electron chi connectivity index (χ0n) is 15.8. The second-order valence-corrected chi connectivity index (χ2v) is 7.78. The summed E-state index contributed by atoms with van der Waals surface area (Å²) < 4.78 is 26.4. The molecule has 1 aromatic rings. The predicted octanol–water partition coefficient (Wildman–Crippen LogP) is 4.75. The Hall–Kier alpha value is -2.57. The lowest BCUT2D eigenvalue weighted by Gasteiger charge is -2.22. The van der Waals surface area contributed by atoms with Crippen LogP contribution in [-0.2, 0) is 4.79 Å². The standard InChI is InChI=1S/C21H24F2N4O/c1-12(21(28)25-19-11-18(26-27-19)14-6-7-14)17-9-13-4-2-3-5-15(20(22)23)10-16(8-13)24-17/h3,5,9-14,20H,2,4,6-8H2,1H3,(H2,25,26,27,28)/b5-3-,15-10+. The Balaban J connectivity index is 1.50. The van der Waals surface area contributed by atoms with Crippen LogP contribution in [0.25, 0.3) is 0 Å². The molecule has 2 N–H and O–H groups in total. The van der Waals surface area contributed by atoms with Crippen LogP contribution < -0.4 is 5.32 Å². The second kappa shape index (κ2) is 7.81. The molecule has 3 aliphatic rings. The number of H-pyrrole nitrogens is 1. The molecule has 0 aromatic carbocycles. The number of aliphatic imine (C=N–C) groups is 1. The molecule has 0 radical (unpaired) electrons. The number of hydrogen-bond donors (Lipinski definition) is 2. The SMILES string of the molecule is CC(C(=O)Nc1cc(C2CC2)[nH]n1)C1=CC2CC/C=C\C(C(F)F)=C/C(=N1)C2. The number of carbonyl (C=O) groups excluding carboxylic acids is 1. The molecule has 1 fully saturated rings. The van der Waals surface area contributed by atoms with E-state index < -0.39 is 12.3 Å².